The molecule has 0 saturated carbocycles. The van der Waals surface area contributed by atoms with Crippen molar-refractivity contribution in [3.05, 3.63) is 76.9 Å². The molecule has 0 radical (unpaired) electrons. The largest absolute Gasteiger partial charge is 0.493 e. The number of dihydropyridines is 1. The summed E-state index contributed by atoms with van der Waals surface area (Å²) in [7, 11) is 0. The lowest BCUT2D eigenvalue weighted by Crippen LogP contribution is -2.40. The minimum absolute atomic E-state index is 0.0886. The van der Waals surface area contributed by atoms with Crippen LogP contribution in [0.25, 0.3) is 0 Å². The zero-order valence-electron chi connectivity index (χ0n) is 15.4. The van der Waals surface area contributed by atoms with Gasteiger partial charge in [0.15, 0.2) is 5.54 Å². The summed E-state index contributed by atoms with van der Waals surface area (Å²) in [6, 6.07) is 10.6. The second kappa shape index (κ2) is 7.06. The van der Waals surface area contributed by atoms with Gasteiger partial charge in [-0.3, -0.25) is 9.79 Å². The number of halogens is 3. The average Bonchev–Trinajstić information content (AvgIpc) is 2.72. The fourth-order valence-electron chi connectivity index (χ4n) is 3.92. The molecule has 4 rings (SSSR count). The summed E-state index contributed by atoms with van der Waals surface area (Å²) in [5.41, 5.74) is 6.11. The van der Waals surface area contributed by atoms with Crippen LogP contribution in [0.2, 0.25) is 0 Å². The molecule has 0 aliphatic carbocycles. The second-order valence-corrected chi connectivity index (χ2v) is 7.20. The van der Waals surface area contributed by atoms with Crippen molar-refractivity contribution in [1.82, 2.24) is 0 Å². The number of rotatable bonds is 3. The summed E-state index contributed by atoms with van der Waals surface area (Å²) >= 11 is 0. The lowest BCUT2D eigenvalue weighted by atomic mass is 9.81. The third kappa shape index (κ3) is 3.41. The van der Waals surface area contributed by atoms with Crippen LogP contribution < -0.4 is 10.5 Å². The highest BCUT2D eigenvalue weighted by molar-refractivity contribution is 5.90. The van der Waals surface area contributed by atoms with Gasteiger partial charge in [0, 0.05) is 24.1 Å². The number of nitrogens with two attached hydrogens (primary N) is 1. The number of primary amides is 1. The Balaban J connectivity index is 1.70. The van der Waals surface area contributed by atoms with Crippen molar-refractivity contribution in [2.45, 2.75) is 30.5 Å². The zero-order chi connectivity index (χ0) is 20.6. The van der Waals surface area contributed by atoms with Crippen molar-refractivity contribution in [1.29, 1.82) is 0 Å². The standard InChI is InChI=1S/C22H19F3N2O2/c23-22(24,25)15-5-3-14(4-6-15)17-9-12-29-19-13-16(7-8-18(17)19)21(20(26)28)10-1-2-11-27-21/h1-8,11,13,17H,9-10,12H2,(H2,26,28). The number of ether oxygens (including phenoxy) is 1. The second-order valence-electron chi connectivity index (χ2n) is 7.20. The fraction of sp³-hybridized carbons (Fsp3) is 0.273. The first-order valence-corrected chi connectivity index (χ1v) is 9.26. The Hall–Kier alpha value is -3.09. The van der Waals surface area contributed by atoms with Crippen LogP contribution in [0.3, 0.4) is 0 Å². The molecule has 2 aliphatic heterocycles. The summed E-state index contributed by atoms with van der Waals surface area (Å²) in [5.74, 6) is -0.0356. The molecule has 2 N–H and O–H groups in total. The van der Waals surface area contributed by atoms with Crippen LogP contribution in [-0.4, -0.2) is 18.7 Å². The summed E-state index contributed by atoms with van der Waals surface area (Å²) in [6.45, 7) is 0.425. The summed E-state index contributed by atoms with van der Waals surface area (Å²) < 4.78 is 44.4. The number of hydrogen-bond donors (Lipinski definition) is 1. The Bertz CT molecular complexity index is 996. The first-order valence-electron chi connectivity index (χ1n) is 9.26. The SMILES string of the molecule is NC(=O)C1(c2ccc3c(c2)OCCC3c2ccc(C(F)(F)F)cc2)CC=CC=N1. The molecule has 2 heterocycles. The molecule has 2 aromatic rings. The van der Waals surface area contributed by atoms with E-state index in [1.165, 1.54) is 12.1 Å². The number of alkyl halides is 3. The first kappa shape index (κ1) is 19.2. The van der Waals surface area contributed by atoms with Crippen LogP contribution >= 0.6 is 0 Å². The summed E-state index contributed by atoms with van der Waals surface area (Å²) in [6.07, 6.45) is 1.80. The van der Waals surface area contributed by atoms with Crippen molar-refractivity contribution >= 4 is 12.1 Å². The highest BCUT2D eigenvalue weighted by atomic mass is 19.4. The number of amides is 1. The molecule has 0 aromatic heterocycles. The molecule has 29 heavy (non-hydrogen) atoms. The van der Waals surface area contributed by atoms with E-state index in [1.807, 2.05) is 12.1 Å². The maximum absolute atomic E-state index is 12.8. The Labute approximate surface area is 165 Å². The van der Waals surface area contributed by atoms with E-state index < -0.39 is 23.2 Å². The minimum Gasteiger partial charge on any atom is -0.493 e. The highest BCUT2D eigenvalue weighted by Crippen LogP contribution is 2.42. The topological polar surface area (TPSA) is 64.7 Å². The van der Waals surface area contributed by atoms with Crippen LogP contribution in [0, 0.1) is 0 Å². The van der Waals surface area contributed by atoms with Gasteiger partial charge in [-0.2, -0.15) is 13.2 Å². The van der Waals surface area contributed by atoms with Gasteiger partial charge in [-0.1, -0.05) is 30.3 Å². The molecule has 0 fully saturated rings. The normalized spacial score (nSPS) is 23.3. The molecular weight excluding hydrogens is 381 g/mol. The van der Waals surface area contributed by atoms with E-state index in [2.05, 4.69) is 4.99 Å². The molecule has 2 aliphatic rings. The van der Waals surface area contributed by atoms with Gasteiger partial charge in [0.2, 0.25) is 5.91 Å². The Morgan fingerprint density at radius 3 is 2.55 bits per heavy atom. The maximum Gasteiger partial charge on any atom is 0.416 e. The van der Waals surface area contributed by atoms with Crippen LogP contribution in [0.5, 0.6) is 5.75 Å². The molecule has 0 spiro atoms. The third-order valence-corrected chi connectivity index (χ3v) is 5.51. The smallest absolute Gasteiger partial charge is 0.416 e. The van der Waals surface area contributed by atoms with Gasteiger partial charge in [-0.15, -0.1) is 0 Å². The van der Waals surface area contributed by atoms with E-state index in [4.69, 9.17) is 10.5 Å². The quantitative estimate of drug-likeness (QED) is 0.834. The molecule has 0 saturated heterocycles. The number of hydrogen-bond acceptors (Lipinski definition) is 3. The van der Waals surface area contributed by atoms with E-state index in [-0.39, 0.29) is 5.92 Å². The number of benzene rings is 2. The summed E-state index contributed by atoms with van der Waals surface area (Å²) in [4.78, 5) is 16.5. The molecule has 0 bridgehead atoms. The molecule has 7 heteroatoms. The molecule has 2 aromatic carbocycles. The molecule has 4 nitrogen and oxygen atoms in total. The van der Waals surface area contributed by atoms with Crippen molar-refractivity contribution in [2.75, 3.05) is 6.61 Å². The van der Waals surface area contributed by atoms with E-state index in [0.717, 1.165) is 23.3 Å². The van der Waals surface area contributed by atoms with Gasteiger partial charge in [0.25, 0.3) is 0 Å². The average molecular weight is 400 g/mol. The Kier molecular flexibility index (Phi) is 4.68. The van der Waals surface area contributed by atoms with Gasteiger partial charge < -0.3 is 10.5 Å². The van der Waals surface area contributed by atoms with Gasteiger partial charge in [-0.25, -0.2) is 0 Å². The zero-order valence-corrected chi connectivity index (χ0v) is 15.4. The number of aliphatic imine (C=N–C) groups is 1. The lowest BCUT2D eigenvalue weighted by Gasteiger charge is -2.31. The molecule has 2 atom stereocenters. The van der Waals surface area contributed by atoms with Crippen molar-refractivity contribution in [3.8, 4) is 5.75 Å². The van der Waals surface area contributed by atoms with Crippen LogP contribution in [0.15, 0.2) is 59.6 Å². The van der Waals surface area contributed by atoms with Crippen LogP contribution in [0.1, 0.15) is 41.0 Å². The third-order valence-electron chi connectivity index (χ3n) is 5.51. The maximum atomic E-state index is 12.8. The molecule has 2 unspecified atom stereocenters. The first-order chi connectivity index (χ1) is 13.8. The van der Waals surface area contributed by atoms with Crippen molar-refractivity contribution in [2.24, 2.45) is 10.7 Å². The predicted molar refractivity (Wildman–Crippen MR) is 103 cm³/mol. The lowest BCUT2D eigenvalue weighted by molar-refractivity contribution is -0.137. The minimum atomic E-state index is -4.36. The number of carbonyl (C=O) groups is 1. The summed E-state index contributed by atoms with van der Waals surface area (Å²) in [5, 5.41) is 0. The van der Waals surface area contributed by atoms with Crippen molar-refractivity contribution < 1.29 is 22.7 Å². The van der Waals surface area contributed by atoms with Gasteiger partial charge >= 0.3 is 6.18 Å². The van der Waals surface area contributed by atoms with E-state index >= 15 is 0 Å². The monoisotopic (exact) mass is 400 g/mol. The van der Waals surface area contributed by atoms with Crippen LogP contribution in [0.4, 0.5) is 13.2 Å². The van der Waals surface area contributed by atoms with Crippen LogP contribution in [-0.2, 0) is 16.5 Å². The molecular formula is C22H19F3N2O2. The number of allylic oxidation sites excluding steroid dienone is 1. The number of carbonyl (C=O) groups excluding carboxylic acids is 1. The van der Waals surface area contributed by atoms with E-state index in [0.29, 0.717) is 30.8 Å². The molecule has 1 amide bonds. The highest BCUT2D eigenvalue weighted by Gasteiger charge is 2.39. The number of fused-ring (bicyclic) bond motifs is 1. The van der Waals surface area contributed by atoms with Gasteiger partial charge in [-0.05, 0) is 41.8 Å². The van der Waals surface area contributed by atoms with Gasteiger partial charge in [0.05, 0.1) is 12.2 Å². The van der Waals surface area contributed by atoms with Gasteiger partial charge in [0.1, 0.15) is 5.75 Å². The fourth-order valence-corrected chi connectivity index (χ4v) is 3.92. The Morgan fingerprint density at radius 2 is 1.93 bits per heavy atom. The van der Waals surface area contributed by atoms with E-state index in [9.17, 15) is 18.0 Å². The molecule has 150 valence electrons. The van der Waals surface area contributed by atoms with Crippen molar-refractivity contribution in [3.63, 3.8) is 0 Å². The Morgan fingerprint density at radius 1 is 1.17 bits per heavy atom. The van der Waals surface area contributed by atoms with E-state index in [1.54, 1.807) is 24.4 Å². The number of nitrogens with zero attached hydrogens (tertiary/aromatic N) is 1. The predicted octanol–water partition coefficient (Wildman–Crippen LogP) is 4.33.